The number of carboxylic acid groups (broad SMARTS) is 1. The number of unbranched alkanes of at least 4 members (excludes halogenated alkanes) is 4. The van der Waals surface area contributed by atoms with Gasteiger partial charge in [0.1, 0.15) is 5.82 Å². The average molecular weight is 577 g/mol. The van der Waals surface area contributed by atoms with Crippen molar-refractivity contribution >= 4 is 45.9 Å². The van der Waals surface area contributed by atoms with Gasteiger partial charge in [-0.25, -0.2) is 9.18 Å². The number of carbonyl (C=O) groups excluding carboxylic acids is 1. The third kappa shape index (κ3) is 7.52. The number of aromatic carboxylic acids is 1. The van der Waals surface area contributed by atoms with E-state index in [1.807, 2.05) is 30.3 Å². The van der Waals surface area contributed by atoms with Gasteiger partial charge in [-0.1, -0.05) is 44.7 Å². The van der Waals surface area contributed by atoms with Crippen molar-refractivity contribution in [1.82, 2.24) is 4.57 Å². The smallest absolute Gasteiger partial charge is 0.335 e. The van der Waals surface area contributed by atoms with E-state index in [9.17, 15) is 19.1 Å². The van der Waals surface area contributed by atoms with Crippen molar-refractivity contribution in [3.63, 3.8) is 0 Å². The number of thioether (sulfide) groups is 1. The molecule has 0 aliphatic carbocycles. The van der Waals surface area contributed by atoms with Gasteiger partial charge in [-0.3, -0.25) is 4.79 Å². The van der Waals surface area contributed by atoms with Crippen molar-refractivity contribution in [2.75, 3.05) is 11.5 Å². The lowest BCUT2D eigenvalue weighted by Gasteiger charge is -2.07. The molecule has 0 atom stereocenters. The molecule has 10 heteroatoms. The minimum atomic E-state index is -0.954. The second-order valence-corrected chi connectivity index (χ2v) is 10.9. The van der Waals surface area contributed by atoms with Crippen LogP contribution in [-0.2, 0) is 13.0 Å². The Morgan fingerprint density at radius 2 is 1.76 bits per heavy atom. The van der Waals surface area contributed by atoms with Gasteiger partial charge in [0.2, 0.25) is 5.88 Å². The summed E-state index contributed by atoms with van der Waals surface area (Å²) in [6, 6.07) is 16.1. The number of anilines is 1. The molecular weight excluding hydrogens is 543 g/mol. The van der Waals surface area contributed by atoms with Crippen LogP contribution < -0.4 is 5.73 Å². The second kappa shape index (κ2) is 13.9. The SMILES string of the molecule is CCCCCCCn1c(O)c(N=NC(=O)c2cc(F)ccc2N)c2cc(SCCc3ccc(C(=O)O)cc3)ccc21. The number of hydrogen-bond donors (Lipinski definition) is 3. The van der Waals surface area contributed by atoms with Crippen LogP contribution in [0.2, 0.25) is 0 Å². The van der Waals surface area contributed by atoms with E-state index in [1.54, 1.807) is 28.5 Å². The maximum absolute atomic E-state index is 13.7. The van der Waals surface area contributed by atoms with Crippen LogP contribution in [0.5, 0.6) is 5.88 Å². The Kier molecular flexibility index (Phi) is 10.1. The number of benzene rings is 3. The lowest BCUT2D eigenvalue weighted by Crippen LogP contribution is -2.01. The van der Waals surface area contributed by atoms with Crippen molar-refractivity contribution in [3.05, 3.63) is 83.2 Å². The molecule has 214 valence electrons. The van der Waals surface area contributed by atoms with E-state index in [0.29, 0.717) is 11.9 Å². The van der Waals surface area contributed by atoms with Crippen molar-refractivity contribution in [2.24, 2.45) is 10.2 Å². The van der Waals surface area contributed by atoms with Crippen LogP contribution in [0.25, 0.3) is 10.9 Å². The number of amides is 1. The Morgan fingerprint density at radius 3 is 2.49 bits per heavy atom. The van der Waals surface area contributed by atoms with Crippen LogP contribution in [0.4, 0.5) is 15.8 Å². The molecule has 0 radical (unpaired) electrons. The Morgan fingerprint density at radius 1 is 1.00 bits per heavy atom. The minimum Gasteiger partial charge on any atom is -0.493 e. The van der Waals surface area contributed by atoms with E-state index in [-0.39, 0.29) is 28.4 Å². The number of carbonyl (C=O) groups is 2. The van der Waals surface area contributed by atoms with Crippen LogP contribution >= 0.6 is 11.8 Å². The normalized spacial score (nSPS) is 11.5. The molecule has 0 spiro atoms. The molecule has 4 N–H and O–H groups in total. The van der Waals surface area contributed by atoms with E-state index >= 15 is 0 Å². The van der Waals surface area contributed by atoms with Gasteiger partial charge in [-0.05, 0) is 66.9 Å². The number of carboxylic acids is 1. The number of azo groups is 1. The van der Waals surface area contributed by atoms with E-state index in [4.69, 9.17) is 10.8 Å². The highest BCUT2D eigenvalue weighted by molar-refractivity contribution is 7.99. The van der Waals surface area contributed by atoms with Crippen molar-refractivity contribution in [1.29, 1.82) is 0 Å². The number of halogens is 1. The standard InChI is InChI=1S/C31H33FN4O4S/c1-2-3-4-5-6-16-36-27-14-12-23(41-17-15-20-7-9-21(10-8-20)31(39)40)19-25(27)28(30(36)38)34-35-29(37)24-18-22(32)11-13-26(24)33/h7-14,18-19,38H,2-6,15-17,33H2,1H3,(H,39,40). The van der Waals surface area contributed by atoms with Gasteiger partial charge < -0.3 is 20.5 Å². The summed E-state index contributed by atoms with van der Waals surface area (Å²) in [6.45, 7) is 2.75. The first kappa shape index (κ1) is 29.8. The number of aryl methyl sites for hydroxylation is 2. The first-order valence-corrected chi connectivity index (χ1v) is 14.6. The molecule has 8 nitrogen and oxygen atoms in total. The highest BCUT2D eigenvalue weighted by Crippen LogP contribution is 2.41. The minimum absolute atomic E-state index is 0.0834. The molecule has 0 bridgehead atoms. The molecule has 0 unspecified atom stereocenters. The Hall–Kier alpha value is -4.18. The van der Waals surface area contributed by atoms with Gasteiger partial charge in [0.15, 0.2) is 5.69 Å². The monoisotopic (exact) mass is 576 g/mol. The Labute approximate surface area is 242 Å². The molecule has 0 saturated carbocycles. The maximum atomic E-state index is 13.7. The summed E-state index contributed by atoms with van der Waals surface area (Å²) < 4.78 is 15.5. The van der Waals surface area contributed by atoms with E-state index < -0.39 is 17.7 Å². The maximum Gasteiger partial charge on any atom is 0.335 e. The lowest BCUT2D eigenvalue weighted by atomic mass is 10.1. The van der Waals surface area contributed by atoms with E-state index in [0.717, 1.165) is 72.4 Å². The summed E-state index contributed by atoms with van der Waals surface area (Å²) in [4.78, 5) is 24.7. The number of nitrogen functional groups attached to an aromatic ring is 1. The molecule has 4 aromatic rings. The predicted octanol–water partition coefficient (Wildman–Crippen LogP) is 8.00. The molecule has 0 aliphatic rings. The summed E-state index contributed by atoms with van der Waals surface area (Å²) in [5.74, 6) is -1.71. The molecular formula is C31H33FN4O4S. The molecule has 3 aromatic carbocycles. The van der Waals surface area contributed by atoms with E-state index in [2.05, 4.69) is 17.2 Å². The predicted molar refractivity (Wildman–Crippen MR) is 160 cm³/mol. The Balaban J connectivity index is 1.57. The van der Waals surface area contributed by atoms with Crippen LogP contribution in [0.3, 0.4) is 0 Å². The van der Waals surface area contributed by atoms with Crippen molar-refractivity contribution in [3.8, 4) is 5.88 Å². The number of hydrogen-bond acceptors (Lipinski definition) is 6. The molecule has 0 saturated heterocycles. The zero-order valence-electron chi connectivity index (χ0n) is 22.8. The average Bonchev–Trinajstić information content (AvgIpc) is 3.22. The third-order valence-corrected chi connectivity index (χ3v) is 7.81. The summed E-state index contributed by atoms with van der Waals surface area (Å²) in [6.07, 6.45) is 6.06. The molecule has 0 aliphatic heterocycles. The van der Waals surface area contributed by atoms with E-state index in [1.165, 1.54) is 6.07 Å². The number of fused-ring (bicyclic) bond motifs is 1. The first-order chi connectivity index (χ1) is 19.8. The highest BCUT2D eigenvalue weighted by atomic mass is 32.2. The fourth-order valence-electron chi connectivity index (χ4n) is 4.55. The molecule has 1 aromatic heterocycles. The number of aromatic hydroxyl groups is 1. The summed E-state index contributed by atoms with van der Waals surface area (Å²) >= 11 is 1.61. The molecule has 41 heavy (non-hydrogen) atoms. The zero-order valence-corrected chi connectivity index (χ0v) is 23.7. The fourth-order valence-corrected chi connectivity index (χ4v) is 5.49. The van der Waals surface area contributed by atoms with Crippen molar-refractivity contribution in [2.45, 2.75) is 56.9 Å². The van der Waals surface area contributed by atoms with Crippen LogP contribution in [0.15, 0.2) is 75.8 Å². The van der Waals surface area contributed by atoms with Crippen LogP contribution in [0, 0.1) is 5.82 Å². The molecule has 1 amide bonds. The van der Waals surface area contributed by atoms with Gasteiger partial charge in [-0.15, -0.1) is 22.0 Å². The number of aromatic nitrogens is 1. The topological polar surface area (TPSA) is 130 Å². The van der Waals surface area contributed by atoms with Crippen molar-refractivity contribution < 1.29 is 24.2 Å². The quantitative estimate of drug-likeness (QED) is 0.0640. The summed E-state index contributed by atoms with van der Waals surface area (Å²) in [7, 11) is 0. The largest absolute Gasteiger partial charge is 0.493 e. The highest BCUT2D eigenvalue weighted by Gasteiger charge is 2.19. The van der Waals surface area contributed by atoms with Crippen LogP contribution in [-0.4, -0.2) is 32.4 Å². The lowest BCUT2D eigenvalue weighted by molar-refractivity contribution is 0.0696. The fraction of sp³-hybridized carbons (Fsp3) is 0.290. The van der Waals surface area contributed by atoms with Gasteiger partial charge >= 0.3 is 5.97 Å². The summed E-state index contributed by atoms with van der Waals surface area (Å²) in [5.41, 5.74) is 8.05. The number of nitrogens with zero attached hydrogens (tertiary/aromatic N) is 3. The van der Waals surface area contributed by atoms with Gasteiger partial charge in [0, 0.05) is 28.3 Å². The molecule has 0 fully saturated rings. The van der Waals surface area contributed by atoms with Gasteiger partial charge in [0.25, 0.3) is 5.91 Å². The third-order valence-electron chi connectivity index (χ3n) is 6.81. The van der Waals surface area contributed by atoms with Gasteiger partial charge in [0.05, 0.1) is 16.6 Å². The molecule has 4 rings (SSSR count). The van der Waals surface area contributed by atoms with Crippen LogP contribution in [0.1, 0.15) is 65.3 Å². The van der Waals surface area contributed by atoms with Gasteiger partial charge in [-0.2, -0.15) is 0 Å². The zero-order chi connectivity index (χ0) is 29.4. The molecule has 1 heterocycles. The summed E-state index contributed by atoms with van der Waals surface area (Å²) in [5, 5.41) is 28.8. The number of rotatable bonds is 13. The number of nitrogens with two attached hydrogens (primary N) is 1. The second-order valence-electron chi connectivity index (χ2n) is 9.75. The Bertz CT molecular complexity index is 1570. The first-order valence-electron chi connectivity index (χ1n) is 13.6.